The summed E-state index contributed by atoms with van der Waals surface area (Å²) in [6, 6.07) is 12.2. The van der Waals surface area contributed by atoms with Crippen LogP contribution in [0.2, 0.25) is 0 Å². The van der Waals surface area contributed by atoms with Gasteiger partial charge in [0.1, 0.15) is 5.82 Å². The summed E-state index contributed by atoms with van der Waals surface area (Å²) in [4.78, 5) is 23.7. The molecule has 0 aliphatic carbocycles. The van der Waals surface area contributed by atoms with Crippen LogP contribution in [0, 0.1) is 24.0 Å². The maximum atomic E-state index is 11.0. The minimum atomic E-state index is -0.423. The molecule has 1 N–H and O–H groups in total. The van der Waals surface area contributed by atoms with Crippen LogP contribution in [0.15, 0.2) is 48.7 Å². The molecule has 132 valence electrons. The van der Waals surface area contributed by atoms with Crippen LogP contribution in [-0.4, -0.2) is 26.4 Å². The lowest BCUT2D eigenvalue weighted by Gasteiger charge is -2.09. The van der Waals surface area contributed by atoms with E-state index in [-0.39, 0.29) is 5.69 Å². The lowest BCUT2D eigenvalue weighted by molar-refractivity contribution is -0.384. The smallest absolute Gasteiger partial charge is 0.270 e. The van der Waals surface area contributed by atoms with E-state index in [0.717, 1.165) is 23.4 Å². The van der Waals surface area contributed by atoms with Crippen LogP contribution in [0.4, 0.5) is 11.5 Å². The number of non-ortho nitro benzene ring substituents is 1. The fourth-order valence-corrected chi connectivity index (χ4v) is 2.53. The molecule has 0 spiro atoms. The molecule has 0 saturated heterocycles. The quantitative estimate of drug-likeness (QED) is 0.538. The van der Waals surface area contributed by atoms with Crippen molar-refractivity contribution in [3.63, 3.8) is 0 Å². The average molecular weight is 349 g/mol. The van der Waals surface area contributed by atoms with E-state index in [4.69, 9.17) is 0 Å². The molecule has 0 unspecified atom stereocenters. The Morgan fingerprint density at radius 3 is 2.65 bits per heavy atom. The van der Waals surface area contributed by atoms with Crippen molar-refractivity contribution < 1.29 is 4.92 Å². The third-order valence-electron chi connectivity index (χ3n) is 3.86. The zero-order valence-corrected chi connectivity index (χ0v) is 14.6. The molecule has 2 aromatic heterocycles. The minimum Gasteiger partial charge on any atom is -0.370 e. The Hall–Kier alpha value is -3.35. The summed E-state index contributed by atoms with van der Waals surface area (Å²) in [5, 5.41) is 14.2. The first kappa shape index (κ1) is 17.5. The number of aryl methyl sites for hydroxylation is 2. The number of hydrogen-bond donors (Lipinski definition) is 1. The molecule has 26 heavy (non-hydrogen) atoms. The normalized spacial score (nSPS) is 10.5. The van der Waals surface area contributed by atoms with Crippen molar-refractivity contribution in [2.24, 2.45) is 0 Å². The van der Waals surface area contributed by atoms with Crippen LogP contribution in [-0.2, 0) is 6.42 Å². The summed E-state index contributed by atoms with van der Waals surface area (Å²) in [6.45, 7) is 4.54. The van der Waals surface area contributed by atoms with E-state index in [0.29, 0.717) is 23.8 Å². The minimum absolute atomic E-state index is 0.0222. The number of rotatable bonds is 6. The molecular weight excluding hydrogens is 330 g/mol. The standard InChI is InChI=1S/C19H19N5O2/c1-13-6-7-15(12-21-13)8-9-20-18-10-14(2)22-19(23-18)16-4-3-5-17(11-16)24(25)26/h3-7,10-12H,8-9H2,1-2H3,(H,20,22,23). The molecule has 3 aromatic rings. The van der Waals surface area contributed by atoms with Crippen molar-refractivity contribution in [1.29, 1.82) is 0 Å². The lowest BCUT2D eigenvalue weighted by atomic mass is 10.2. The number of nitrogens with one attached hydrogen (secondary N) is 1. The number of aromatic nitrogens is 3. The van der Waals surface area contributed by atoms with E-state index in [1.165, 1.54) is 12.1 Å². The predicted octanol–water partition coefficient (Wildman–Crippen LogP) is 3.72. The highest BCUT2D eigenvalue weighted by Crippen LogP contribution is 2.22. The van der Waals surface area contributed by atoms with Crippen LogP contribution >= 0.6 is 0 Å². The molecule has 0 bridgehead atoms. The Morgan fingerprint density at radius 1 is 1.08 bits per heavy atom. The van der Waals surface area contributed by atoms with Crippen LogP contribution in [0.5, 0.6) is 0 Å². The van der Waals surface area contributed by atoms with E-state index in [2.05, 4.69) is 26.3 Å². The molecule has 2 heterocycles. The van der Waals surface area contributed by atoms with E-state index in [1.54, 1.807) is 12.1 Å². The summed E-state index contributed by atoms with van der Waals surface area (Å²) in [7, 11) is 0. The number of nitro benzene ring substituents is 1. The summed E-state index contributed by atoms with van der Waals surface area (Å²) < 4.78 is 0. The topological polar surface area (TPSA) is 93.8 Å². The summed E-state index contributed by atoms with van der Waals surface area (Å²) >= 11 is 0. The summed E-state index contributed by atoms with van der Waals surface area (Å²) in [6.07, 6.45) is 2.69. The predicted molar refractivity (Wildman–Crippen MR) is 100 cm³/mol. The van der Waals surface area contributed by atoms with Gasteiger partial charge in [-0.05, 0) is 31.9 Å². The number of benzene rings is 1. The Morgan fingerprint density at radius 2 is 1.92 bits per heavy atom. The second-order valence-corrected chi connectivity index (χ2v) is 6.01. The molecule has 0 fully saturated rings. The number of pyridine rings is 1. The molecule has 0 atom stereocenters. The van der Waals surface area contributed by atoms with Crippen molar-refractivity contribution >= 4 is 11.5 Å². The van der Waals surface area contributed by atoms with Gasteiger partial charge < -0.3 is 5.32 Å². The molecule has 0 amide bonds. The summed E-state index contributed by atoms with van der Waals surface area (Å²) in [5.74, 6) is 1.16. The Bertz CT molecular complexity index is 925. The van der Waals surface area contributed by atoms with Crippen LogP contribution in [0.3, 0.4) is 0 Å². The first-order valence-corrected chi connectivity index (χ1v) is 8.27. The van der Waals surface area contributed by atoms with E-state index >= 15 is 0 Å². The second kappa shape index (κ2) is 7.69. The van der Waals surface area contributed by atoms with Crippen molar-refractivity contribution in [3.8, 4) is 11.4 Å². The van der Waals surface area contributed by atoms with E-state index in [1.807, 2.05) is 32.2 Å². The highest BCUT2D eigenvalue weighted by Gasteiger charge is 2.10. The van der Waals surface area contributed by atoms with Gasteiger partial charge in [-0.25, -0.2) is 9.97 Å². The number of anilines is 1. The molecule has 0 aliphatic heterocycles. The van der Waals surface area contributed by atoms with Gasteiger partial charge in [-0.1, -0.05) is 18.2 Å². The fourth-order valence-electron chi connectivity index (χ4n) is 2.53. The van der Waals surface area contributed by atoms with Gasteiger partial charge in [-0.2, -0.15) is 0 Å². The van der Waals surface area contributed by atoms with Crippen molar-refractivity contribution in [2.75, 3.05) is 11.9 Å². The van der Waals surface area contributed by atoms with Gasteiger partial charge in [0, 0.05) is 47.9 Å². The highest BCUT2D eigenvalue weighted by atomic mass is 16.6. The van der Waals surface area contributed by atoms with Gasteiger partial charge in [0.15, 0.2) is 5.82 Å². The Labute approximate surface area is 151 Å². The second-order valence-electron chi connectivity index (χ2n) is 6.01. The zero-order valence-electron chi connectivity index (χ0n) is 14.6. The van der Waals surface area contributed by atoms with Crippen molar-refractivity contribution in [2.45, 2.75) is 20.3 Å². The molecule has 0 radical (unpaired) electrons. The van der Waals surface area contributed by atoms with Crippen molar-refractivity contribution in [1.82, 2.24) is 15.0 Å². The van der Waals surface area contributed by atoms with Gasteiger partial charge in [-0.15, -0.1) is 0 Å². The van der Waals surface area contributed by atoms with Gasteiger partial charge in [-0.3, -0.25) is 15.1 Å². The number of hydrogen-bond acceptors (Lipinski definition) is 6. The van der Waals surface area contributed by atoms with E-state index in [9.17, 15) is 10.1 Å². The van der Waals surface area contributed by atoms with Gasteiger partial charge >= 0.3 is 0 Å². The van der Waals surface area contributed by atoms with Gasteiger partial charge in [0.05, 0.1) is 4.92 Å². The summed E-state index contributed by atoms with van der Waals surface area (Å²) in [5.41, 5.74) is 3.58. The van der Waals surface area contributed by atoms with Crippen LogP contribution in [0.1, 0.15) is 17.0 Å². The van der Waals surface area contributed by atoms with Gasteiger partial charge in [0.25, 0.3) is 5.69 Å². The maximum Gasteiger partial charge on any atom is 0.270 e. The van der Waals surface area contributed by atoms with Gasteiger partial charge in [0.2, 0.25) is 0 Å². The fraction of sp³-hybridized carbons (Fsp3) is 0.211. The van der Waals surface area contributed by atoms with Crippen molar-refractivity contribution in [3.05, 3.63) is 75.7 Å². The number of nitrogens with zero attached hydrogens (tertiary/aromatic N) is 4. The third-order valence-corrected chi connectivity index (χ3v) is 3.86. The Balaban J connectivity index is 1.74. The maximum absolute atomic E-state index is 11.0. The molecule has 3 rings (SSSR count). The first-order valence-electron chi connectivity index (χ1n) is 8.27. The highest BCUT2D eigenvalue weighted by molar-refractivity contribution is 5.61. The molecule has 7 nitrogen and oxygen atoms in total. The Kier molecular flexibility index (Phi) is 5.17. The monoisotopic (exact) mass is 349 g/mol. The largest absolute Gasteiger partial charge is 0.370 e. The average Bonchev–Trinajstić information content (AvgIpc) is 2.63. The van der Waals surface area contributed by atoms with Crippen LogP contribution in [0.25, 0.3) is 11.4 Å². The van der Waals surface area contributed by atoms with E-state index < -0.39 is 4.92 Å². The number of nitro groups is 1. The molecular formula is C19H19N5O2. The zero-order chi connectivity index (χ0) is 18.5. The molecule has 0 saturated carbocycles. The molecule has 0 aliphatic rings. The van der Waals surface area contributed by atoms with Crippen LogP contribution < -0.4 is 5.32 Å². The molecule has 1 aromatic carbocycles. The molecule has 7 heteroatoms. The third kappa shape index (κ3) is 4.38. The SMILES string of the molecule is Cc1ccc(CCNc2cc(C)nc(-c3cccc([N+](=O)[O-])c3)n2)cn1. The first-order chi connectivity index (χ1) is 12.5. The lowest BCUT2D eigenvalue weighted by Crippen LogP contribution is -2.08.